The number of aryl methyl sites for hydroxylation is 2. The van der Waals surface area contributed by atoms with Gasteiger partial charge < -0.3 is 19.5 Å². The maximum Gasteiger partial charge on any atom is 0.194 e. The van der Waals surface area contributed by atoms with E-state index in [1.54, 1.807) is 6.33 Å². The summed E-state index contributed by atoms with van der Waals surface area (Å²) in [5.41, 5.74) is 2.55. The Kier molecular flexibility index (Phi) is 7.42. The van der Waals surface area contributed by atoms with Gasteiger partial charge in [0, 0.05) is 52.2 Å². The van der Waals surface area contributed by atoms with Crippen LogP contribution in [0, 0.1) is 12.8 Å². The number of hydrogen-bond acceptors (Lipinski definition) is 4. The Bertz CT molecular complexity index is 749. The average Bonchev–Trinajstić information content (AvgIpc) is 3.37. The average molecular weight is 385 g/mol. The van der Waals surface area contributed by atoms with Gasteiger partial charge in [0.05, 0.1) is 6.61 Å². The fourth-order valence-electron chi connectivity index (χ4n) is 3.32. The lowest BCUT2D eigenvalue weighted by molar-refractivity contribution is 0.187. The molecule has 2 heterocycles. The summed E-state index contributed by atoms with van der Waals surface area (Å²) >= 11 is 0. The van der Waals surface area contributed by atoms with Gasteiger partial charge in [0.15, 0.2) is 5.96 Å². The first-order chi connectivity index (χ1) is 13.7. The van der Waals surface area contributed by atoms with Gasteiger partial charge in [-0.2, -0.15) is 0 Å². The molecule has 0 bridgehead atoms. The maximum atomic E-state index is 5.49. The quantitative estimate of drug-likeness (QED) is 0.559. The van der Waals surface area contributed by atoms with Gasteiger partial charge in [-0.1, -0.05) is 36.8 Å². The zero-order valence-electron chi connectivity index (χ0n) is 17.3. The van der Waals surface area contributed by atoms with Crippen LogP contribution in [0.25, 0.3) is 0 Å². The molecule has 28 heavy (non-hydrogen) atoms. The number of ether oxygens (including phenoxy) is 1. The molecule has 2 aromatic rings. The molecule has 7 nitrogen and oxygen atoms in total. The van der Waals surface area contributed by atoms with Crippen LogP contribution in [0.15, 0.2) is 35.6 Å². The van der Waals surface area contributed by atoms with E-state index in [9.17, 15) is 0 Å². The zero-order valence-corrected chi connectivity index (χ0v) is 17.3. The molecule has 1 N–H and O–H groups in total. The van der Waals surface area contributed by atoms with Crippen LogP contribution in [0.5, 0.6) is 0 Å². The van der Waals surface area contributed by atoms with Crippen LogP contribution in [0.2, 0.25) is 0 Å². The zero-order chi connectivity index (χ0) is 19.8. The van der Waals surface area contributed by atoms with Crippen molar-refractivity contribution in [2.75, 3.05) is 33.4 Å². The minimum atomic E-state index is 0.522. The molecule has 0 amide bonds. The molecule has 0 radical (unpaired) electrons. The number of aromatic nitrogens is 3. The second-order valence-electron chi connectivity index (χ2n) is 7.46. The van der Waals surface area contributed by atoms with Crippen LogP contribution in [0.4, 0.5) is 0 Å². The smallest absolute Gasteiger partial charge is 0.194 e. The highest BCUT2D eigenvalue weighted by Crippen LogP contribution is 2.13. The Morgan fingerprint density at radius 3 is 2.89 bits per heavy atom. The number of aliphatic imine (C=N–C) groups is 1. The fraction of sp³-hybridized carbons (Fsp3) is 0.571. The Labute approximate surface area is 167 Å². The van der Waals surface area contributed by atoms with Crippen molar-refractivity contribution in [3.63, 3.8) is 0 Å². The first kappa shape index (κ1) is 20.3. The predicted molar refractivity (Wildman–Crippen MR) is 111 cm³/mol. The molecule has 3 rings (SSSR count). The number of benzene rings is 1. The van der Waals surface area contributed by atoms with Gasteiger partial charge in [0.1, 0.15) is 12.2 Å². The molecule has 1 aliphatic rings. The first-order valence-corrected chi connectivity index (χ1v) is 10.1. The number of hydrogen-bond donors (Lipinski definition) is 1. The lowest BCUT2D eigenvalue weighted by atomic mass is 10.1. The van der Waals surface area contributed by atoms with Crippen LogP contribution in [-0.4, -0.2) is 59.0 Å². The van der Waals surface area contributed by atoms with Crippen molar-refractivity contribution in [3.8, 4) is 0 Å². The monoisotopic (exact) mass is 384 g/mol. The van der Waals surface area contributed by atoms with E-state index in [2.05, 4.69) is 70.1 Å². The van der Waals surface area contributed by atoms with E-state index in [0.29, 0.717) is 5.92 Å². The van der Waals surface area contributed by atoms with E-state index in [1.807, 2.05) is 0 Å². The number of guanidine groups is 1. The number of nitrogens with zero attached hydrogens (tertiary/aromatic N) is 5. The summed E-state index contributed by atoms with van der Waals surface area (Å²) in [5, 5.41) is 11.7. The second kappa shape index (κ2) is 10.2. The lowest BCUT2D eigenvalue weighted by Gasteiger charge is -2.23. The van der Waals surface area contributed by atoms with Crippen LogP contribution in [0.1, 0.15) is 30.3 Å². The van der Waals surface area contributed by atoms with Crippen LogP contribution < -0.4 is 5.32 Å². The van der Waals surface area contributed by atoms with Crippen LogP contribution >= 0.6 is 0 Å². The summed E-state index contributed by atoms with van der Waals surface area (Å²) < 4.78 is 7.58. The molecular weight excluding hydrogens is 352 g/mol. The highest BCUT2D eigenvalue weighted by atomic mass is 16.5. The normalized spacial score (nSPS) is 17.1. The fourth-order valence-corrected chi connectivity index (χ4v) is 3.32. The van der Waals surface area contributed by atoms with Crippen molar-refractivity contribution < 1.29 is 4.74 Å². The summed E-state index contributed by atoms with van der Waals surface area (Å²) in [6, 6.07) is 8.67. The summed E-state index contributed by atoms with van der Waals surface area (Å²) in [7, 11) is 2.09. The molecule has 152 valence electrons. The Balaban J connectivity index is 1.61. The van der Waals surface area contributed by atoms with Crippen molar-refractivity contribution in [3.05, 3.63) is 47.5 Å². The first-order valence-electron chi connectivity index (χ1n) is 10.1. The summed E-state index contributed by atoms with van der Waals surface area (Å²) in [6.07, 6.45) is 3.78. The summed E-state index contributed by atoms with van der Waals surface area (Å²) in [4.78, 5) is 7.08. The van der Waals surface area contributed by atoms with E-state index in [4.69, 9.17) is 9.73 Å². The molecule has 1 unspecified atom stereocenters. The van der Waals surface area contributed by atoms with Gasteiger partial charge in [-0.05, 0) is 18.9 Å². The summed E-state index contributed by atoms with van der Waals surface area (Å²) in [6.45, 7) is 9.10. The molecule has 1 aromatic heterocycles. The van der Waals surface area contributed by atoms with E-state index < -0.39 is 0 Å². The molecular formula is C21H32N6O. The Morgan fingerprint density at radius 1 is 1.36 bits per heavy atom. The van der Waals surface area contributed by atoms with Gasteiger partial charge in [-0.15, -0.1) is 10.2 Å². The molecule has 7 heteroatoms. The van der Waals surface area contributed by atoms with E-state index in [0.717, 1.165) is 64.0 Å². The number of rotatable bonds is 8. The summed E-state index contributed by atoms with van der Waals surface area (Å²) in [5.74, 6) is 2.46. The van der Waals surface area contributed by atoms with Gasteiger partial charge >= 0.3 is 0 Å². The van der Waals surface area contributed by atoms with Crippen LogP contribution in [-0.2, 0) is 24.2 Å². The Morgan fingerprint density at radius 2 is 2.18 bits per heavy atom. The molecule has 1 aliphatic heterocycles. The van der Waals surface area contributed by atoms with E-state index in [1.165, 1.54) is 11.1 Å². The SMILES string of the molecule is CCc1nncn1CCNC(=NCC1CCOC1)N(C)Cc1ccc(C)cc1. The van der Waals surface area contributed by atoms with Crippen molar-refractivity contribution >= 4 is 5.96 Å². The molecule has 1 aromatic carbocycles. The predicted octanol–water partition coefficient (Wildman–Crippen LogP) is 2.26. The topological polar surface area (TPSA) is 67.6 Å². The maximum absolute atomic E-state index is 5.49. The third kappa shape index (κ3) is 5.79. The van der Waals surface area contributed by atoms with E-state index in [-0.39, 0.29) is 0 Å². The molecule has 1 fully saturated rings. The molecule has 0 spiro atoms. The second-order valence-corrected chi connectivity index (χ2v) is 7.46. The molecule has 1 atom stereocenters. The van der Waals surface area contributed by atoms with E-state index >= 15 is 0 Å². The van der Waals surface area contributed by atoms with Crippen molar-refractivity contribution in [1.82, 2.24) is 25.0 Å². The van der Waals surface area contributed by atoms with Crippen molar-refractivity contribution in [1.29, 1.82) is 0 Å². The molecule has 0 saturated carbocycles. The number of nitrogens with one attached hydrogen (secondary N) is 1. The van der Waals surface area contributed by atoms with Gasteiger partial charge in [0.2, 0.25) is 0 Å². The van der Waals surface area contributed by atoms with Gasteiger partial charge in [0.25, 0.3) is 0 Å². The van der Waals surface area contributed by atoms with Crippen LogP contribution in [0.3, 0.4) is 0 Å². The van der Waals surface area contributed by atoms with Crippen molar-refractivity contribution in [2.24, 2.45) is 10.9 Å². The van der Waals surface area contributed by atoms with Gasteiger partial charge in [-0.3, -0.25) is 4.99 Å². The minimum absolute atomic E-state index is 0.522. The molecule has 0 aliphatic carbocycles. The standard InChI is InChI=1S/C21H32N6O/c1-4-20-25-24-16-27(20)11-10-22-21(23-13-19-9-12-28-15-19)26(3)14-18-7-5-17(2)6-8-18/h5-8,16,19H,4,9-15H2,1-3H3,(H,22,23). The minimum Gasteiger partial charge on any atom is -0.381 e. The third-order valence-corrected chi connectivity index (χ3v) is 5.07. The third-order valence-electron chi connectivity index (χ3n) is 5.07. The molecule has 1 saturated heterocycles. The van der Waals surface area contributed by atoms with Gasteiger partial charge in [-0.25, -0.2) is 0 Å². The Hall–Kier alpha value is -2.41. The highest BCUT2D eigenvalue weighted by Gasteiger charge is 2.16. The lowest BCUT2D eigenvalue weighted by Crippen LogP contribution is -2.40. The highest BCUT2D eigenvalue weighted by molar-refractivity contribution is 5.79. The largest absolute Gasteiger partial charge is 0.381 e. The van der Waals surface area contributed by atoms with Crippen molar-refractivity contribution in [2.45, 2.75) is 39.8 Å².